The van der Waals surface area contributed by atoms with Crippen LogP contribution in [0.4, 0.5) is 51.2 Å². The molecule has 0 saturated heterocycles. The average molecular weight is 1440 g/mol. The Balaban J connectivity index is 0.000000220. The molecule has 0 saturated carbocycles. The average Bonchev–Trinajstić information content (AvgIpc) is 1.64. The van der Waals surface area contributed by atoms with E-state index < -0.39 is 0 Å². The fourth-order valence-electron chi connectivity index (χ4n) is 14.5. The number of para-hydroxylation sites is 3. The molecule has 18 heteroatoms. The first-order valence-electron chi connectivity index (χ1n) is 38.1. The molecule has 6 aromatic carbocycles. The van der Waals surface area contributed by atoms with E-state index in [1.54, 1.807) is 82.0 Å². The van der Waals surface area contributed by atoms with Crippen molar-refractivity contribution in [1.82, 2.24) is 0 Å². The topological polar surface area (TPSA) is 253 Å². The number of hydrogen-bond acceptors (Lipinski definition) is 15. The van der Waals surface area contributed by atoms with Gasteiger partial charge < -0.3 is 75.4 Å². The van der Waals surface area contributed by atoms with Gasteiger partial charge in [-0.05, 0) is 138 Å². The number of fused-ring (bicyclic) bond motifs is 6. The standard InChI is InChI=1S/C29H42N2O4.C29H40N2O4.C29H38N2O4/c3*1-19(2)9-6-10-20(3)11-7-12-21(4)15-16-31-24-17-22(32)18-26(34)28(24)30(5)27-23(29(31)35)13-8-14-25(27)33/h8,13-14,17-21,32-34H,6-7,9-12,15-16H2,1-5H3;8,13-15,17-20,32-34H,6-7,9-12,16H2,1-5H3;8,11,13-15,17-19,32-34H,6-7,9-10,12,16H2,1-5H3/b;21-15+;20-11+,21-15+. The summed E-state index contributed by atoms with van der Waals surface area (Å²) in [6.45, 7) is 27.9. The van der Waals surface area contributed by atoms with Crippen molar-refractivity contribution in [2.45, 2.75) is 199 Å². The van der Waals surface area contributed by atoms with Gasteiger partial charge in [0, 0.05) is 77.2 Å². The van der Waals surface area contributed by atoms with Gasteiger partial charge in [0.05, 0.1) is 50.8 Å². The first-order valence-corrected chi connectivity index (χ1v) is 38.1. The zero-order valence-electron chi connectivity index (χ0n) is 65.1. The number of hydrogen-bond donors (Lipinski definition) is 9. The van der Waals surface area contributed by atoms with Gasteiger partial charge in [-0.25, -0.2) is 0 Å². The van der Waals surface area contributed by atoms with Crippen LogP contribution in [0.2, 0.25) is 0 Å². The number of amides is 3. The molecule has 0 bridgehead atoms. The van der Waals surface area contributed by atoms with Crippen molar-refractivity contribution >= 4 is 68.9 Å². The third-order valence-corrected chi connectivity index (χ3v) is 20.6. The summed E-state index contributed by atoms with van der Waals surface area (Å²) >= 11 is 0. The number of aromatic hydroxyl groups is 9. The van der Waals surface area contributed by atoms with Crippen molar-refractivity contribution in [2.75, 3.05) is 70.2 Å². The molecule has 3 atom stereocenters. The second-order valence-corrected chi connectivity index (χ2v) is 31.0. The molecule has 3 aliphatic heterocycles. The Hall–Kier alpha value is -9.45. The van der Waals surface area contributed by atoms with Crippen molar-refractivity contribution in [1.29, 1.82) is 0 Å². The summed E-state index contributed by atoms with van der Waals surface area (Å²) in [6.07, 6.45) is 27.1. The molecule has 0 aromatic heterocycles. The Morgan fingerprint density at radius 1 is 0.343 bits per heavy atom. The Morgan fingerprint density at radius 2 is 0.638 bits per heavy atom. The van der Waals surface area contributed by atoms with Gasteiger partial charge in [0.1, 0.15) is 68.8 Å². The maximum atomic E-state index is 13.6. The molecule has 9 N–H and O–H groups in total. The number of carbonyl (C=O) groups is 3. The molecule has 0 spiro atoms. The number of phenolic OH excluding ortho intramolecular Hbond substituents is 9. The Kier molecular flexibility index (Phi) is 30.4. The number of carbonyl (C=O) groups excluding carboxylic acids is 3. The summed E-state index contributed by atoms with van der Waals surface area (Å²) < 4.78 is 0. The summed E-state index contributed by atoms with van der Waals surface area (Å²) in [5.74, 6) is 2.31. The number of benzene rings is 6. The van der Waals surface area contributed by atoms with Crippen molar-refractivity contribution in [2.24, 2.45) is 35.5 Å². The van der Waals surface area contributed by atoms with Crippen LogP contribution in [0.1, 0.15) is 230 Å². The number of phenols is 9. The smallest absolute Gasteiger partial charge is 0.260 e. The minimum atomic E-state index is -0.309. The fraction of sp³-hybridized carbons (Fsp3) is 0.483. The highest BCUT2D eigenvalue weighted by Crippen LogP contribution is 2.53. The molecule has 3 amide bonds. The van der Waals surface area contributed by atoms with E-state index in [-0.39, 0.29) is 76.0 Å². The van der Waals surface area contributed by atoms with E-state index in [0.717, 1.165) is 74.2 Å². The minimum Gasteiger partial charge on any atom is -0.508 e. The second kappa shape index (κ2) is 38.5. The van der Waals surface area contributed by atoms with Crippen LogP contribution in [0, 0.1) is 35.5 Å². The van der Waals surface area contributed by atoms with Crippen LogP contribution in [0.15, 0.2) is 126 Å². The molecule has 18 nitrogen and oxygen atoms in total. The molecule has 9 rings (SSSR count). The largest absolute Gasteiger partial charge is 0.508 e. The van der Waals surface area contributed by atoms with Crippen LogP contribution in [0.25, 0.3) is 0 Å². The lowest BCUT2D eigenvalue weighted by Gasteiger charge is -2.26. The summed E-state index contributed by atoms with van der Waals surface area (Å²) in [7, 11) is 5.08. The lowest BCUT2D eigenvalue weighted by molar-refractivity contribution is 0.0980. The van der Waals surface area contributed by atoms with Crippen LogP contribution in [0.3, 0.4) is 0 Å². The van der Waals surface area contributed by atoms with E-state index in [2.05, 4.69) is 89.2 Å². The molecule has 105 heavy (non-hydrogen) atoms. The minimum absolute atomic E-state index is 0.0329. The molecule has 3 aliphatic rings. The lowest BCUT2D eigenvalue weighted by atomic mass is 9.92. The molecular formula is C87H120N6O12. The fourth-order valence-corrected chi connectivity index (χ4v) is 14.5. The number of nitrogens with zero attached hydrogens (tertiary/aromatic N) is 6. The van der Waals surface area contributed by atoms with Gasteiger partial charge in [0.2, 0.25) is 0 Å². The molecule has 3 unspecified atom stereocenters. The number of allylic oxidation sites excluding steroid dienone is 4. The van der Waals surface area contributed by atoms with Crippen LogP contribution < -0.4 is 29.4 Å². The maximum Gasteiger partial charge on any atom is 0.260 e. The molecule has 3 heterocycles. The van der Waals surface area contributed by atoms with Gasteiger partial charge in [0.25, 0.3) is 17.7 Å². The highest BCUT2D eigenvalue weighted by atomic mass is 16.3. The molecular weight excluding hydrogens is 1320 g/mol. The van der Waals surface area contributed by atoms with Gasteiger partial charge in [-0.15, -0.1) is 0 Å². The third kappa shape index (κ3) is 22.1. The third-order valence-electron chi connectivity index (χ3n) is 20.6. The van der Waals surface area contributed by atoms with Crippen molar-refractivity contribution in [3.63, 3.8) is 0 Å². The molecule has 0 radical (unpaired) electrons. The Labute approximate surface area is 624 Å². The second-order valence-electron chi connectivity index (χ2n) is 31.0. The monoisotopic (exact) mass is 1440 g/mol. The first kappa shape index (κ1) is 82.8. The maximum absolute atomic E-state index is 13.6. The van der Waals surface area contributed by atoms with E-state index in [1.807, 2.05) is 12.2 Å². The number of rotatable bonds is 30. The predicted octanol–water partition coefficient (Wildman–Crippen LogP) is 21.3. The first-order chi connectivity index (χ1) is 49.8. The van der Waals surface area contributed by atoms with Crippen LogP contribution in [-0.2, 0) is 0 Å². The quantitative estimate of drug-likeness (QED) is 0.0190. The zero-order valence-corrected chi connectivity index (χ0v) is 65.1. The summed E-state index contributed by atoms with van der Waals surface area (Å²) in [4.78, 5) is 50.3. The van der Waals surface area contributed by atoms with E-state index in [4.69, 9.17) is 0 Å². The predicted molar refractivity (Wildman–Crippen MR) is 429 cm³/mol. The molecule has 570 valence electrons. The Morgan fingerprint density at radius 3 is 1.01 bits per heavy atom. The van der Waals surface area contributed by atoms with Crippen molar-refractivity contribution < 1.29 is 60.3 Å². The SMILES string of the molecule is C/C(=C\CN1C(=O)c2cccc(O)c2N(C)c2c(O)cc(O)cc21)CC/C=C(\C)CCCC(C)C.C/C(=C\CN1C(=O)c2cccc(O)c2N(C)c2c(O)cc(O)cc21)CCCC(C)CCCC(C)C.CC(C)CCCC(C)CCCC(C)CCN1C(=O)c2cccc(O)c2N(C)c2c(O)cc(O)cc21. The number of anilines is 9. The summed E-state index contributed by atoms with van der Waals surface area (Å²) in [6, 6.07) is 22.7. The lowest BCUT2D eigenvalue weighted by Crippen LogP contribution is -2.32. The van der Waals surface area contributed by atoms with Crippen LogP contribution >= 0.6 is 0 Å². The van der Waals surface area contributed by atoms with Crippen LogP contribution in [-0.4, -0.2) is 104 Å². The highest BCUT2D eigenvalue weighted by Gasteiger charge is 2.37. The van der Waals surface area contributed by atoms with Gasteiger partial charge in [-0.1, -0.05) is 186 Å². The van der Waals surface area contributed by atoms with Gasteiger partial charge in [-0.3, -0.25) is 14.4 Å². The van der Waals surface area contributed by atoms with Crippen LogP contribution in [0.5, 0.6) is 51.7 Å². The molecule has 6 aromatic rings. The van der Waals surface area contributed by atoms with Gasteiger partial charge in [-0.2, -0.15) is 0 Å². The van der Waals surface area contributed by atoms with Gasteiger partial charge >= 0.3 is 0 Å². The normalized spacial score (nSPS) is 14.7. The van der Waals surface area contributed by atoms with Crippen molar-refractivity contribution in [3.8, 4) is 51.7 Å². The van der Waals surface area contributed by atoms with E-state index in [0.29, 0.717) is 92.8 Å². The van der Waals surface area contributed by atoms with E-state index >= 15 is 0 Å². The summed E-state index contributed by atoms with van der Waals surface area (Å²) in [5, 5.41) is 94.1. The van der Waals surface area contributed by atoms with E-state index in [1.165, 1.54) is 141 Å². The molecule has 0 fully saturated rings. The zero-order chi connectivity index (χ0) is 77.1. The summed E-state index contributed by atoms with van der Waals surface area (Å²) in [5.41, 5.74) is 8.12. The van der Waals surface area contributed by atoms with Crippen molar-refractivity contribution in [3.05, 3.63) is 143 Å². The van der Waals surface area contributed by atoms with E-state index in [9.17, 15) is 60.3 Å². The van der Waals surface area contributed by atoms with Gasteiger partial charge in [0.15, 0.2) is 0 Å². The Bertz CT molecular complexity index is 4040. The molecule has 0 aliphatic carbocycles. The highest BCUT2D eigenvalue weighted by molar-refractivity contribution is 6.18.